The highest BCUT2D eigenvalue weighted by molar-refractivity contribution is 6.30. The zero-order valence-corrected chi connectivity index (χ0v) is 37.2. The number of benzene rings is 4. The van der Waals surface area contributed by atoms with Crippen LogP contribution in [0.5, 0.6) is 23.0 Å². The van der Waals surface area contributed by atoms with Crippen LogP contribution in [0.15, 0.2) is 97.3 Å². The number of rotatable bonds is 12. The van der Waals surface area contributed by atoms with Gasteiger partial charge in [0.15, 0.2) is 11.6 Å². The molecule has 0 N–H and O–H groups in total. The number of fused-ring (bicyclic) bond motifs is 10. The van der Waals surface area contributed by atoms with E-state index >= 15 is 9.59 Å². The SMILES string of the molecule is CC[C@@H]1CN2CC[C@@H]1C[C@H]2[C@@H](Oc1ccc(O[C@@H](c2ccnc3ccc(OC)cc23)[C@@H]2C[C@H]3CCN2C[C@H]3CC)c2c1C(=O)c1ccccc1C2=O)c1ccnc2ccc(OC)cc12. The molecule has 7 aliphatic rings. The molecule has 328 valence electrons. The fourth-order valence-corrected chi connectivity index (χ4v) is 12.3. The second-order valence-corrected chi connectivity index (χ2v) is 18.7. The molecule has 6 aliphatic heterocycles. The molecule has 4 aromatic carbocycles. The lowest BCUT2D eigenvalue weighted by Crippen LogP contribution is -2.56. The van der Waals surface area contributed by atoms with Crippen LogP contribution in [-0.2, 0) is 0 Å². The second-order valence-electron chi connectivity index (χ2n) is 18.7. The molecule has 6 saturated heterocycles. The molecule has 0 radical (unpaired) electrons. The molecule has 10 nitrogen and oxygen atoms in total. The Bertz CT molecular complexity index is 2600. The van der Waals surface area contributed by atoms with Gasteiger partial charge in [0.2, 0.25) is 0 Å². The van der Waals surface area contributed by atoms with E-state index in [1.807, 2.05) is 85.2 Å². The standard InChI is InChI=1S/C54H56N4O6/c1-5-31-29-57-23-19-33(31)25-45(57)53(39-17-21-55-43-13-11-35(61-3)27-41(39)43)63-47-15-16-48(50-49(47)51(59)37-9-7-8-10-38(37)52(50)60)64-54(46-26-34-20-24-58(46)30-32(34)6-2)40-18-22-56-44-14-12-36(62-4)28-42(40)44/h7-18,21-22,27-28,31-34,45-46,53-54H,5-6,19-20,23-26,29-30H2,1-4H3/t31-,32-,33-,34-,45+,46+,53+,54+/m1/s1. The van der Waals surface area contributed by atoms with Crippen molar-refractivity contribution in [3.05, 3.63) is 131 Å². The molecule has 6 aromatic rings. The van der Waals surface area contributed by atoms with Crippen LogP contribution >= 0.6 is 0 Å². The van der Waals surface area contributed by atoms with Crippen molar-refractivity contribution >= 4 is 33.4 Å². The highest BCUT2D eigenvalue weighted by atomic mass is 16.5. The lowest BCUT2D eigenvalue weighted by Gasteiger charge is -2.52. The van der Waals surface area contributed by atoms with Crippen molar-refractivity contribution in [1.82, 2.24) is 19.8 Å². The zero-order chi connectivity index (χ0) is 43.6. The van der Waals surface area contributed by atoms with Gasteiger partial charge in [-0.15, -0.1) is 0 Å². The van der Waals surface area contributed by atoms with Crippen LogP contribution in [0.3, 0.4) is 0 Å². The number of carbonyl (C=O) groups excluding carboxylic acids is 2. The zero-order valence-electron chi connectivity index (χ0n) is 37.2. The average Bonchev–Trinajstić information content (AvgIpc) is 3.36. The second kappa shape index (κ2) is 16.6. The highest BCUT2D eigenvalue weighted by Gasteiger charge is 2.47. The number of nitrogens with zero attached hydrogens (tertiary/aromatic N) is 4. The number of hydrogen-bond acceptors (Lipinski definition) is 10. The van der Waals surface area contributed by atoms with Crippen LogP contribution in [0, 0.1) is 23.7 Å². The Labute approximate surface area is 374 Å². The number of carbonyl (C=O) groups is 2. The molecule has 10 heteroatoms. The first-order valence-corrected chi connectivity index (χ1v) is 23.4. The van der Waals surface area contributed by atoms with Gasteiger partial charge in [-0.05, 0) is 123 Å². The van der Waals surface area contributed by atoms with E-state index in [9.17, 15) is 0 Å². The first-order valence-electron chi connectivity index (χ1n) is 23.4. The topological polar surface area (TPSA) is 103 Å². The molecule has 8 heterocycles. The van der Waals surface area contributed by atoms with Gasteiger partial charge in [0, 0.05) is 58.5 Å². The smallest absolute Gasteiger partial charge is 0.198 e. The minimum atomic E-state index is -0.475. The van der Waals surface area contributed by atoms with Gasteiger partial charge >= 0.3 is 0 Å². The van der Waals surface area contributed by atoms with Crippen LogP contribution < -0.4 is 18.9 Å². The van der Waals surface area contributed by atoms with E-state index in [4.69, 9.17) is 28.9 Å². The Morgan fingerprint density at radius 1 is 0.609 bits per heavy atom. The quantitative estimate of drug-likeness (QED) is 0.118. The molecule has 1 aliphatic carbocycles. The van der Waals surface area contributed by atoms with Crippen molar-refractivity contribution in [3.8, 4) is 23.0 Å². The van der Waals surface area contributed by atoms with Crippen LogP contribution in [0.1, 0.15) is 108 Å². The third-order valence-electron chi connectivity index (χ3n) is 15.7. The van der Waals surface area contributed by atoms with Gasteiger partial charge in [0.05, 0.1) is 48.5 Å². The summed E-state index contributed by atoms with van der Waals surface area (Å²) < 4.78 is 26.3. The van der Waals surface area contributed by atoms with E-state index in [0.717, 1.165) is 109 Å². The first-order chi connectivity index (χ1) is 31.3. The van der Waals surface area contributed by atoms with Crippen LogP contribution in [0.4, 0.5) is 0 Å². The fourth-order valence-electron chi connectivity index (χ4n) is 12.3. The number of hydrogen-bond donors (Lipinski definition) is 0. The van der Waals surface area contributed by atoms with Gasteiger partial charge in [-0.25, -0.2) is 0 Å². The van der Waals surface area contributed by atoms with Gasteiger partial charge in [-0.1, -0.05) is 51.0 Å². The maximum absolute atomic E-state index is 15.1. The molecule has 0 amide bonds. The maximum atomic E-state index is 15.1. The number of methoxy groups -OCH3 is 2. The minimum absolute atomic E-state index is 0.0377. The van der Waals surface area contributed by atoms with Crippen molar-refractivity contribution in [2.75, 3.05) is 40.4 Å². The van der Waals surface area contributed by atoms with Gasteiger partial charge in [-0.2, -0.15) is 0 Å². The predicted molar refractivity (Wildman–Crippen MR) is 247 cm³/mol. The summed E-state index contributed by atoms with van der Waals surface area (Å²) in [7, 11) is 3.35. The summed E-state index contributed by atoms with van der Waals surface area (Å²) in [5.74, 6) is 4.15. The summed E-state index contributed by atoms with van der Waals surface area (Å²) in [6, 6.07) is 27.0. The summed E-state index contributed by atoms with van der Waals surface area (Å²) in [5.41, 5.74) is 4.87. The summed E-state index contributed by atoms with van der Waals surface area (Å²) in [6.07, 6.45) is 9.30. The number of aromatic nitrogens is 2. The Hall–Kier alpha value is -5.84. The lowest BCUT2D eigenvalue weighted by molar-refractivity contribution is -0.0493. The molecule has 2 aromatic heterocycles. The van der Waals surface area contributed by atoms with Gasteiger partial charge in [0.25, 0.3) is 0 Å². The maximum Gasteiger partial charge on any atom is 0.198 e. The number of ether oxygens (including phenoxy) is 4. The average molecular weight is 857 g/mol. The molecule has 64 heavy (non-hydrogen) atoms. The molecule has 4 bridgehead atoms. The molecule has 0 spiro atoms. The largest absolute Gasteiger partial charge is 0.497 e. The first kappa shape index (κ1) is 40.9. The monoisotopic (exact) mass is 856 g/mol. The molecule has 6 fully saturated rings. The molecule has 10 atom stereocenters. The third kappa shape index (κ3) is 6.83. The van der Waals surface area contributed by atoms with E-state index in [2.05, 4.69) is 23.6 Å². The summed E-state index contributed by atoms with van der Waals surface area (Å²) in [4.78, 5) is 45.0. The summed E-state index contributed by atoms with van der Waals surface area (Å²) >= 11 is 0. The highest BCUT2D eigenvalue weighted by Crippen LogP contribution is 2.49. The summed E-state index contributed by atoms with van der Waals surface area (Å²) in [6.45, 7) is 8.58. The van der Waals surface area contributed by atoms with Crippen molar-refractivity contribution in [1.29, 1.82) is 0 Å². The van der Waals surface area contributed by atoms with Gasteiger partial charge in [0.1, 0.15) is 35.2 Å². The predicted octanol–water partition coefficient (Wildman–Crippen LogP) is 10.1. The normalized spacial score (nSPS) is 26.6. The minimum Gasteiger partial charge on any atom is -0.497 e. The fraction of sp³-hybridized carbons (Fsp3) is 0.407. The van der Waals surface area contributed by atoms with Crippen molar-refractivity contribution in [2.24, 2.45) is 23.7 Å². The van der Waals surface area contributed by atoms with E-state index in [-0.39, 0.29) is 34.8 Å². The number of ketones is 2. The lowest BCUT2D eigenvalue weighted by atomic mass is 9.72. The van der Waals surface area contributed by atoms with Gasteiger partial charge < -0.3 is 18.9 Å². The Kier molecular flexibility index (Phi) is 10.6. The van der Waals surface area contributed by atoms with Crippen LogP contribution in [-0.4, -0.2) is 83.8 Å². The Balaban J connectivity index is 1.07. The molecular formula is C54H56N4O6. The van der Waals surface area contributed by atoms with Crippen molar-refractivity contribution < 1.29 is 28.5 Å². The van der Waals surface area contributed by atoms with E-state index < -0.39 is 12.2 Å². The van der Waals surface area contributed by atoms with Gasteiger partial charge in [-0.3, -0.25) is 29.4 Å². The van der Waals surface area contributed by atoms with Crippen molar-refractivity contribution in [2.45, 2.75) is 76.7 Å². The number of piperidine rings is 6. The third-order valence-corrected chi connectivity index (χ3v) is 15.7. The molecule has 13 rings (SSSR count). The van der Waals surface area contributed by atoms with E-state index in [1.165, 1.54) is 0 Å². The molecule has 2 unspecified atom stereocenters. The molecular weight excluding hydrogens is 801 g/mol. The van der Waals surface area contributed by atoms with E-state index in [1.54, 1.807) is 26.4 Å². The van der Waals surface area contributed by atoms with Crippen molar-refractivity contribution in [3.63, 3.8) is 0 Å². The molecule has 0 saturated carbocycles. The Morgan fingerprint density at radius 2 is 1.06 bits per heavy atom. The van der Waals surface area contributed by atoms with E-state index in [0.29, 0.717) is 46.3 Å². The summed E-state index contributed by atoms with van der Waals surface area (Å²) in [5, 5.41) is 1.88. The van der Waals surface area contributed by atoms with Crippen LogP contribution in [0.25, 0.3) is 21.8 Å². The Morgan fingerprint density at radius 3 is 1.45 bits per heavy atom. The number of pyridine rings is 2. The van der Waals surface area contributed by atoms with Crippen LogP contribution in [0.2, 0.25) is 0 Å².